The lowest BCUT2D eigenvalue weighted by Crippen LogP contribution is -2.51. The van der Waals surface area contributed by atoms with Crippen molar-refractivity contribution in [2.75, 3.05) is 26.7 Å². The van der Waals surface area contributed by atoms with E-state index in [1.807, 2.05) is 13.8 Å². The molecule has 0 aliphatic carbocycles. The van der Waals surface area contributed by atoms with Crippen LogP contribution in [0.15, 0.2) is 0 Å². The summed E-state index contributed by atoms with van der Waals surface area (Å²) in [5, 5.41) is 9.93. The summed E-state index contributed by atoms with van der Waals surface area (Å²) in [4.78, 5) is 59.3. The second-order valence-electron chi connectivity index (χ2n) is 8.47. The molecular weight excluding hydrogens is 428 g/mol. The Kier molecular flexibility index (Phi) is 17.4. The van der Waals surface area contributed by atoms with Crippen molar-refractivity contribution in [2.24, 2.45) is 5.92 Å². The first kappa shape index (κ1) is 30.4. The van der Waals surface area contributed by atoms with E-state index in [4.69, 9.17) is 0 Å². The van der Waals surface area contributed by atoms with E-state index in [2.05, 4.69) is 32.9 Å². The molecule has 1 atom stereocenters. The lowest BCUT2D eigenvalue weighted by molar-refractivity contribution is -0.141. The Balaban J connectivity index is 4.17. The molecule has 0 saturated heterocycles. The van der Waals surface area contributed by atoms with Crippen LogP contribution in [0.3, 0.4) is 0 Å². The number of nitrogens with one attached hydrogen (secondary N) is 4. The minimum Gasteiger partial charge on any atom is -0.468 e. The highest BCUT2D eigenvalue weighted by Crippen LogP contribution is 2.08. The molecule has 0 aromatic rings. The lowest BCUT2D eigenvalue weighted by Gasteiger charge is -2.20. The van der Waals surface area contributed by atoms with Crippen molar-refractivity contribution in [3.8, 4) is 0 Å². The Morgan fingerprint density at radius 1 is 0.727 bits per heavy atom. The predicted octanol–water partition coefficient (Wildman–Crippen LogP) is 1.18. The van der Waals surface area contributed by atoms with Crippen molar-refractivity contribution in [2.45, 2.75) is 84.6 Å². The Labute approximate surface area is 197 Å². The van der Waals surface area contributed by atoms with Gasteiger partial charge in [-0.1, -0.05) is 59.3 Å². The van der Waals surface area contributed by atoms with Crippen molar-refractivity contribution >= 4 is 29.6 Å². The Morgan fingerprint density at radius 2 is 1.30 bits per heavy atom. The number of methoxy groups -OCH3 is 1. The van der Waals surface area contributed by atoms with Crippen molar-refractivity contribution in [1.82, 2.24) is 21.3 Å². The summed E-state index contributed by atoms with van der Waals surface area (Å²) < 4.78 is 4.47. The molecule has 0 heterocycles. The van der Waals surface area contributed by atoms with Crippen molar-refractivity contribution in [3.63, 3.8) is 0 Å². The summed E-state index contributed by atoms with van der Waals surface area (Å²) in [6.07, 6.45) is 8.50. The number of rotatable bonds is 18. The number of hydrogen-bond acceptors (Lipinski definition) is 6. The highest BCUT2D eigenvalue weighted by atomic mass is 16.5. The van der Waals surface area contributed by atoms with Crippen LogP contribution in [0, 0.1) is 5.92 Å². The van der Waals surface area contributed by atoms with Crippen LogP contribution < -0.4 is 21.3 Å². The molecule has 10 heteroatoms. The summed E-state index contributed by atoms with van der Waals surface area (Å²) in [6.45, 7) is 5.12. The van der Waals surface area contributed by atoms with Crippen LogP contribution in [-0.4, -0.2) is 62.4 Å². The third-order valence-corrected chi connectivity index (χ3v) is 4.89. The topological polar surface area (TPSA) is 143 Å². The van der Waals surface area contributed by atoms with Gasteiger partial charge >= 0.3 is 5.97 Å². The maximum Gasteiger partial charge on any atom is 0.325 e. The molecule has 0 aliphatic rings. The van der Waals surface area contributed by atoms with E-state index in [0.29, 0.717) is 12.8 Å². The number of unbranched alkanes of at least 4 members (excludes halogenated alkanes) is 6. The van der Waals surface area contributed by atoms with Crippen LogP contribution in [-0.2, 0) is 28.7 Å². The minimum atomic E-state index is -0.847. The molecule has 4 amide bonds. The van der Waals surface area contributed by atoms with Gasteiger partial charge in [0.2, 0.25) is 23.6 Å². The van der Waals surface area contributed by atoms with Gasteiger partial charge in [-0.3, -0.25) is 24.0 Å². The highest BCUT2D eigenvalue weighted by Gasteiger charge is 2.22. The number of ether oxygens (including phenoxy) is 1. The zero-order valence-electron chi connectivity index (χ0n) is 20.6. The van der Waals surface area contributed by atoms with E-state index in [1.54, 1.807) is 0 Å². The van der Waals surface area contributed by atoms with E-state index >= 15 is 0 Å². The number of hydrogen-bond donors (Lipinski definition) is 4. The molecule has 4 N–H and O–H groups in total. The molecule has 10 nitrogen and oxygen atoms in total. The Bertz CT molecular complexity index is 624. The highest BCUT2D eigenvalue weighted by molar-refractivity contribution is 5.92. The average molecular weight is 471 g/mol. The average Bonchev–Trinajstić information content (AvgIpc) is 2.78. The van der Waals surface area contributed by atoms with Crippen LogP contribution in [0.4, 0.5) is 0 Å². The molecule has 0 saturated carbocycles. The van der Waals surface area contributed by atoms with Gasteiger partial charge in [-0.2, -0.15) is 0 Å². The number of esters is 1. The smallest absolute Gasteiger partial charge is 0.325 e. The minimum absolute atomic E-state index is 0.111. The van der Waals surface area contributed by atoms with Crippen LogP contribution >= 0.6 is 0 Å². The molecule has 0 radical (unpaired) electrons. The molecule has 0 aliphatic heterocycles. The summed E-state index contributed by atoms with van der Waals surface area (Å²) in [5.41, 5.74) is 0. The van der Waals surface area contributed by atoms with Crippen molar-refractivity contribution in [3.05, 3.63) is 0 Å². The normalized spacial score (nSPS) is 11.4. The molecule has 0 bridgehead atoms. The molecular formula is C23H42N4O6. The van der Waals surface area contributed by atoms with Gasteiger partial charge in [-0.15, -0.1) is 0 Å². The zero-order chi connectivity index (χ0) is 25.1. The van der Waals surface area contributed by atoms with Gasteiger partial charge in [0.25, 0.3) is 0 Å². The fourth-order valence-corrected chi connectivity index (χ4v) is 3.05. The fraction of sp³-hybridized carbons (Fsp3) is 0.783. The van der Waals surface area contributed by atoms with Gasteiger partial charge in [0, 0.05) is 6.42 Å². The van der Waals surface area contributed by atoms with Crippen molar-refractivity contribution < 1.29 is 28.7 Å². The summed E-state index contributed by atoms with van der Waals surface area (Å²) in [6, 6.07) is -0.847. The molecule has 190 valence electrons. The van der Waals surface area contributed by atoms with Gasteiger partial charge < -0.3 is 26.0 Å². The Morgan fingerprint density at radius 3 is 1.91 bits per heavy atom. The molecule has 33 heavy (non-hydrogen) atoms. The molecule has 1 unspecified atom stereocenters. The third-order valence-electron chi connectivity index (χ3n) is 4.89. The summed E-state index contributed by atoms with van der Waals surface area (Å²) >= 11 is 0. The maximum absolute atomic E-state index is 12.3. The molecule has 0 spiro atoms. The zero-order valence-corrected chi connectivity index (χ0v) is 20.6. The molecule has 0 aromatic carbocycles. The van der Waals surface area contributed by atoms with Gasteiger partial charge in [0.05, 0.1) is 20.2 Å². The van der Waals surface area contributed by atoms with E-state index < -0.39 is 29.7 Å². The van der Waals surface area contributed by atoms with E-state index in [-0.39, 0.29) is 31.5 Å². The van der Waals surface area contributed by atoms with Gasteiger partial charge in [-0.05, 0) is 18.8 Å². The van der Waals surface area contributed by atoms with E-state index in [0.717, 1.165) is 19.3 Å². The first-order chi connectivity index (χ1) is 15.7. The summed E-state index contributed by atoms with van der Waals surface area (Å²) in [7, 11) is 1.21. The van der Waals surface area contributed by atoms with Crippen LogP contribution in [0.5, 0.6) is 0 Å². The first-order valence-corrected chi connectivity index (χ1v) is 11.9. The van der Waals surface area contributed by atoms with Crippen LogP contribution in [0.25, 0.3) is 0 Å². The number of amides is 4. The molecule has 0 aromatic heterocycles. The van der Waals surface area contributed by atoms with Gasteiger partial charge in [-0.25, -0.2) is 0 Å². The third kappa shape index (κ3) is 17.6. The molecule has 0 fully saturated rings. The van der Waals surface area contributed by atoms with Crippen molar-refractivity contribution in [1.29, 1.82) is 0 Å². The summed E-state index contributed by atoms with van der Waals surface area (Å²) in [5.74, 6) is -2.22. The largest absolute Gasteiger partial charge is 0.468 e. The second-order valence-corrected chi connectivity index (χ2v) is 8.47. The first-order valence-electron chi connectivity index (χ1n) is 11.9. The van der Waals surface area contributed by atoms with E-state index in [1.165, 1.54) is 32.8 Å². The van der Waals surface area contributed by atoms with Gasteiger partial charge in [0.1, 0.15) is 12.6 Å². The standard InChI is InChI=1S/C23H42N4O6/c1-5-6-7-8-9-10-11-12-19(28)24-14-20(29)25-15-21(30)27-18(13-17(2)3)23(32)26-16-22(31)33-4/h17-18H,5-16H2,1-4H3,(H,24,28)(H,25,29)(H,26,32)(H,27,30). The monoisotopic (exact) mass is 470 g/mol. The van der Waals surface area contributed by atoms with Crippen LogP contribution in [0.1, 0.15) is 78.6 Å². The predicted molar refractivity (Wildman–Crippen MR) is 125 cm³/mol. The molecule has 0 rings (SSSR count). The fourth-order valence-electron chi connectivity index (χ4n) is 3.05. The number of carbonyl (C=O) groups excluding carboxylic acids is 5. The lowest BCUT2D eigenvalue weighted by atomic mass is 10.0. The number of carbonyl (C=O) groups is 5. The van der Waals surface area contributed by atoms with E-state index in [9.17, 15) is 24.0 Å². The maximum atomic E-state index is 12.3. The second kappa shape index (κ2) is 18.9. The Hall–Kier alpha value is -2.65. The quantitative estimate of drug-likeness (QED) is 0.175. The van der Waals surface area contributed by atoms with Crippen LogP contribution in [0.2, 0.25) is 0 Å². The SMILES string of the molecule is CCCCCCCCCC(=O)NCC(=O)NCC(=O)NC(CC(C)C)C(=O)NCC(=O)OC. The van der Waals surface area contributed by atoms with Gasteiger partial charge in [0.15, 0.2) is 0 Å².